The fourth-order valence-electron chi connectivity index (χ4n) is 4.55. The van der Waals surface area contributed by atoms with E-state index in [-0.39, 0.29) is 6.09 Å². The zero-order valence-electron chi connectivity index (χ0n) is 19.1. The maximum atomic E-state index is 12.9. The predicted octanol–water partition coefficient (Wildman–Crippen LogP) is 5.05. The Labute approximate surface area is 179 Å². The van der Waals surface area contributed by atoms with Crippen molar-refractivity contribution >= 4 is 22.8 Å². The highest BCUT2D eigenvalue weighted by molar-refractivity contribution is 5.87. The third kappa shape index (κ3) is 3.85. The van der Waals surface area contributed by atoms with E-state index in [4.69, 9.17) is 9.72 Å². The average Bonchev–Trinajstić information content (AvgIpc) is 3.05. The highest BCUT2D eigenvalue weighted by Crippen LogP contribution is 2.33. The summed E-state index contributed by atoms with van der Waals surface area (Å²) in [5.74, 6) is 1.54. The molecular weight excluding hydrogens is 376 g/mol. The molecule has 0 bridgehead atoms. The van der Waals surface area contributed by atoms with Crippen LogP contribution < -0.4 is 0 Å². The molecule has 2 aliphatic heterocycles. The standard InChI is InChI=1S/C24H34N4O2/c1-7-26-12-13-27-21-11-9-18(14-19(21)25-22(27)17(26)3)20-10-8-16(2)15-28(20)23(29)30-24(4,5)6/h9-11,14,16-17H,7-8,12-13,15H2,1-6H3/t16-,17+/m0/s1. The van der Waals surface area contributed by atoms with Crippen molar-refractivity contribution in [2.75, 3.05) is 19.6 Å². The minimum Gasteiger partial charge on any atom is -0.443 e. The first-order chi connectivity index (χ1) is 14.2. The van der Waals surface area contributed by atoms with E-state index in [1.807, 2.05) is 20.8 Å². The summed E-state index contributed by atoms with van der Waals surface area (Å²) >= 11 is 0. The van der Waals surface area contributed by atoms with Gasteiger partial charge in [-0.2, -0.15) is 0 Å². The second-order valence-electron chi connectivity index (χ2n) is 9.65. The Morgan fingerprint density at radius 3 is 2.70 bits per heavy atom. The number of allylic oxidation sites excluding steroid dienone is 1. The second kappa shape index (κ2) is 7.73. The molecule has 1 aromatic carbocycles. The summed E-state index contributed by atoms with van der Waals surface area (Å²) in [6.07, 6.45) is 2.84. The number of hydrogen-bond acceptors (Lipinski definition) is 4. The quantitative estimate of drug-likeness (QED) is 0.695. The van der Waals surface area contributed by atoms with Crippen molar-refractivity contribution in [1.82, 2.24) is 19.4 Å². The number of amides is 1. The number of ether oxygens (including phenoxy) is 1. The molecule has 0 N–H and O–H groups in total. The molecule has 4 rings (SSSR count). The number of carbonyl (C=O) groups excluding carboxylic acids is 1. The molecule has 3 heterocycles. The van der Waals surface area contributed by atoms with Gasteiger partial charge < -0.3 is 9.30 Å². The number of carbonyl (C=O) groups is 1. The molecule has 6 heteroatoms. The van der Waals surface area contributed by atoms with E-state index in [1.54, 1.807) is 4.90 Å². The van der Waals surface area contributed by atoms with Crippen LogP contribution in [-0.4, -0.2) is 50.7 Å². The lowest BCUT2D eigenvalue weighted by Gasteiger charge is -2.34. The van der Waals surface area contributed by atoms with Gasteiger partial charge in [0.15, 0.2) is 0 Å². The van der Waals surface area contributed by atoms with Gasteiger partial charge >= 0.3 is 6.09 Å². The van der Waals surface area contributed by atoms with E-state index in [9.17, 15) is 4.79 Å². The Hall–Kier alpha value is -2.34. The van der Waals surface area contributed by atoms with Crippen LogP contribution in [0.4, 0.5) is 4.79 Å². The molecule has 0 unspecified atom stereocenters. The summed E-state index contributed by atoms with van der Waals surface area (Å²) < 4.78 is 8.04. The first kappa shape index (κ1) is 20.9. The number of imidazole rings is 1. The van der Waals surface area contributed by atoms with Crippen molar-refractivity contribution in [3.05, 3.63) is 35.7 Å². The van der Waals surface area contributed by atoms with E-state index in [0.717, 1.165) is 48.7 Å². The lowest BCUT2D eigenvalue weighted by atomic mass is 9.98. The van der Waals surface area contributed by atoms with Crippen molar-refractivity contribution in [1.29, 1.82) is 0 Å². The van der Waals surface area contributed by atoms with Crippen LogP contribution in [-0.2, 0) is 11.3 Å². The van der Waals surface area contributed by atoms with Crippen LogP contribution in [0.3, 0.4) is 0 Å². The van der Waals surface area contributed by atoms with Crippen LogP contribution in [0.25, 0.3) is 16.7 Å². The van der Waals surface area contributed by atoms with Gasteiger partial charge in [0, 0.05) is 25.2 Å². The Kier molecular flexibility index (Phi) is 5.39. The van der Waals surface area contributed by atoms with Crippen molar-refractivity contribution in [2.45, 2.75) is 66.2 Å². The van der Waals surface area contributed by atoms with E-state index < -0.39 is 5.60 Å². The molecule has 0 spiro atoms. The van der Waals surface area contributed by atoms with Crippen LogP contribution in [0, 0.1) is 5.92 Å². The molecule has 0 saturated heterocycles. The van der Waals surface area contributed by atoms with Crippen LogP contribution in [0.2, 0.25) is 0 Å². The van der Waals surface area contributed by atoms with E-state index in [1.165, 1.54) is 5.52 Å². The molecule has 30 heavy (non-hydrogen) atoms. The minimum absolute atomic E-state index is 0.281. The summed E-state index contributed by atoms with van der Waals surface area (Å²) in [7, 11) is 0. The molecule has 1 aromatic heterocycles. The number of fused-ring (bicyclic) bond motifs is 3. The lowest BCUT2D eigenvalue weighted by molar-refractivity contribution is 0.0327. The SMILES string of the molecule is CCN1CCn2c(nc3cc(C4=CC[C@H](C)CN4C(=O)OC(C)(C)C)ccc32)[C@H]1C. The summed E-state index contributed by atoms with van der Waals surface area (Å²) in [5, 5.41) is 0. The van der Waals surface area contributed by atoms with Crippen molar-refractivity contribution in [2.24, 2.45) is 5.92 Å². The first-order valence-electron chi connectivity index (χ1n) is 11.1. The van der Waals surface area contributed by atoms with Crippen LogP contribution in [0.5, 0.6) is 0 Å². The van der Waals surface area contributed by atoms with Crippen molar-refractivity contribution < 1.29 is 9.53 Å². The highest BCUT2D eigenvalue weighted by Gasteiger charge is 2.30. The van der Waals surface area contributed by atoms with Gasteiger partial charge in [-0.15, -0.1) is 0 Å². The monoisotopic (exact) mass is 410 g/mol. The van der Waals surface area contributed by atoms with Gasteiger partial charge in [-0.25, -0.2) is 9.78 Å². The van der Waals surface area contributed by atoms with E-state index in [0.29, 0.717) is 18.5 Å². The maximum absolute atomic E-state index is 12.9. The zero-order valence-corrected chi connectivity index (χ0v) is 19.1. The summed E-state index contributed by atoms with van der Waals surface area (Å²) in [6, 6.07) is 6.71. The Balaban J connectivity index is 1.70. The molecule has 0 aliphatic carbocycles. The summed E-state index contributed by atoms with van der Waals surface area (Å²) in [5.41, 5.74) is 3.60. The smallest absolute Gasteiger partial charge is 0.414 e. The largest absolute Gasteiger partial charge is 0.443 e. The number of nitrogens with zero attached hydrogens (tertiary/aromatic N) is 4. The van der Waals surface area contributed by atoms with Crippen LogP contribution in [0.1, 0.15) is 65.4 Å². The minimum atomic E-state index is -0.517. The number of likely N-dealkylation sites (N-methyl/N-ethyl adjacent to an activating group) is 1. The van der Waals surface area contributed by atoms with Crippen molar-refractivity contribution in [3.8, 4) is 0 Å². The Morgan fingerprint density at radius 1 is 1.23 bits per heavy atom. The fraction of sp³-hybridized carbons (Fsp3) is 0.583. The van der Waals surface area contributed by atoms with E-state index >= 15 is 0 Å². The lowest BCUT2D eigenvalue weighted by Crippen LogP contribution is -2.39. The number of aromatic nitrogens is 2. The topological polar surface area (TPSA) is 50.6 Å². The molecule has 0 saturated carbocycles. The van der Waals surface area contributed by atoms with Gasteiger partial charge in [-0.3, -0.25) is 9.80 Å². The normalized spacial score (nSPS) is 22.7. The third-order valence-electron chi connectivity index (χ3n) is 6.12. The van der Waals surface area contributed by atoms with Gasteiger partial charge in [0.2, 0.25) is 0 Å². The van der Waals surface area contributed by atoms with Crippen LogP contribution in [0.15, 0.2) is 24.3 Å². The molecule has 0 fully saturated rings. The summed E-state index contributed by atoms with van der Waals surface area (Å²) in [6.45, 7) is 16.0. The van der Waals surface area contributed by atoms with Gasteiger partial charge in [0.25, 0.3) is 0 Å². The highest BCUT2D eigenvalue weighted by atomic mass is 16.6. The third-order valence-corrected chi connectivity index (χ3v) is 6.12. The predicted molar refractivity (Wildman–Crippen MR) is 120 cm³/mol. The van der Waals surface area contributed by atoms with Crippen LogP contribution >= 0.6 is 0 Å². The molecule has 6 nitrogen and oxygen atoms in total. The summed E-state index contributed by atoms with van der Waals surface area (Å²) in [4.78, 5) is 22.2. The van der Waals surface area contributed by atoms with Gasteiger partial charge in [-0.1, -0.05) is 26.0 Å². The molecule has 0 radical (unpaired) electrons. The molecule has 2 aromatic rings. The molecular formula is C24H34N4O2. The van der Waals surface area contributed by atoms with E-state index in [2.05, 4.69) is 54.5 Å². The van der Waals surface area contributed by atoms with Crippen molar-refractivity contribution in [3.63, 3.8) is 0 Å². The Morgan fingerprint density at radius 2 is 2.00 bits per heavy atom. The number of benzene rings is 1. The molecule has 1 amide bonds. The second-order valence-corrected chi connectivity index (χ2v) is 9.65. The van der Waals surface area contributed by atoms with Gasteiger partial charge in [0.1, 0.15) is 11.4 Å². The maximum Gasteiger partial charge on any atom is 0.414 e. The van der Waals surface area contributed by atoms with Gasteiger partial charge in [-0.05, 0) is 58.7 Å². The number of rotatable bonds is 2. The molecule has 162 valence electrons. The average molecular weight is 411 g/mol. The Bertz CT molecular complexity index is 985. The molecule has 2 atom stereocenters. The number of hydrogen-bond donors (Lipinski definition) is 0. The molecule has 2 aliphatic rings. The van der Waals surface area contributed by atoms with Gasteiger partial charge in [0.05, 0.1) is 22.8 Å². The first-order valence-corrected chi connectivity index (χ1v) is 11.1. The fourth-order valence-corrected chi connectivity index (χ4v) is 4.55. The zero-order chi connectivity index (χ0) is 21.6.